The van der Waals surface area contributed by atoms with Gasteiger partial charge in [-0.3, -0.25) is 19.3 Å². The van der Waals surface area contributed by atoms with E-state index in [0.29, 0.717) is 44.0 Å². The first-order valence-corrected chi connectivity index (χ1v) is 9.87. The van der Waals surface area contributed by atoms with Gasteiger partial charge >= 0.3 is 6.03 Å². The van der Waals surface area contributed by atoms with Crippen molar-refractivity contribution in [2.75, 3.05) is 24.7 Å². The van der Waals surface area contributed by atoms with Crippen molar-refractivity contribution in [2.24, 2.45) is 0 Å². The summed E-state index contributed by atoms with van der Waals surface area (Å²) in [5, 5.41) is 5.65. The van der Waals surface area contributed by atoms with Crippen molar-refractivity contribution in [3.63, 3.8) is 0 Å². The fourth-order valence-electron chi connectivity index (χ4n) is 3.73. The van der Waals surface area contributed by atoms with Crippen LogP contribution in [-0.2, 0) is 14.4 Å². The van der Waals surface area contributed by atoms with Crippen molar-refractivity contribution in [2.45, 2.75) is 50.6 Å². The van der Waals surface area contributed by atoms with E-state index in [1.807, 2.05) is 0 Å². The van der Waals surface area contributed by atoms with E-state index >= 15 is 0 Å². The van der Waals surface area contributed by atoms with Gasteiger partial charge in [0, 0.05) is 25.8 Å². The Kier molecular flexibility index (Phi) is 5.21. The van der Waals surface area contributed by atoms with Gasteiger partial charge in [-0.2, -0.15) is 0 Å². The number of nitrogens with zero attached hydrogens (tertiary/aromatic N) is 2. The summed E-state index contributed by atoms with van der Waals surface area (Å²) in [7, 11) is 0. The zero-order valence-electron chi connectivity index (χ0n) is 14.4. The van der Waals surface area contributed by atoms with Gasteiger partial charge in [0.05, 0.1) is 5.88 Å². The predicted molar refractivity (Wildman–Crippen MR) is 92.7 cm³/mol. The van der Waals surface area contributed by atoms with Gasteiger partial charge in [-0.1, -0.05) is 12.8 Å². The molecule has 9 heteroatoms. The van der Waals surface area contributed by atoms with Crippen LogP contribution in [0.2, 0.25) is 0 Å². The molecule has 5 amide bonds. The Morgan fingerprint density at radius 2 is 2.04 bits per heavy atom. The summed E-state index contributed by atoms with van der Waals surface area (Å²) in [6.07, 6.45) is 3.85. The van der Waals surface area contributed by atoms with Crippen molar-refractivity contribution < 1.29 is 19.2 Å². The monoisotopic (exact) mass is 368 g/mol. The Hall–Kier alpha value is -1.77. The third-order valence-electron chi connectivity index (χ3n) is 5.15. The molecule has 8 nitrogen and oxygen atoms in total. The molecule has 3 rings (SSSR count). The summed E-state index contributed by atoms with van der Waals surface area (Å²) in [5.74, 6) is 0.728. The van der Waals surface area contributed by atoms with E-state index in [-0.39, 0.29) is 23.8 Å². The maximum absolute atomic E-state index is 12.5. The third-order valence-corrected chi connectivity index (χ3v) is 6.16. The minimum atomic E-state index is -0.677. The number of rotatable bonds is 5. The predicted octanol–water partition coefficient (Wildman–Crippen LogP) is 0.279. The average molecular weight is 368 g/mol. The number of nitrogens with one attached hydrogen (secondary N) is 2. The minimum absolute atomic E-state index is 0.105. The molecule has 0 unspecified atom stereocenters. The van der Waals surface area contributed by atoms with Gasteiger partial charge < -0.3 is 15.5 Å². The lowest BCUT2D eigenvalue weighted by Crippen LogP contribution is -2.47. The Bertz CT molecular complexity index is 591. The van der Waals surface area contributed by atoms with E-state index in [1.54, 1.807) is 16.7 Å². The standard InChI is InChI=1S/C16H24N4O4S/c1-11(21)20-10-25-9-12(20)13(22)17-7-4-8-19-14(23)16(18-15(19)24)5-2-3-6-16/h12H,2-10H2,1H3,(H,17,22)(H,18,24)/t12-/m0/s1. The second-order valence-corrected chi connectivity index (χ2v) is 7.83. The topological polar surface area (TPSA) is 98.8 Å². The van der Waals surface area contributed by atoms with Crippen LogP contribution in [0.3, 0.4) is 0 Å². The summed E-state index contributed by atoms with van der Waals surface area (Å²) in [4.78, 5) is 51.1. The number of imide groups is 1. The van der Waals surface area contributed by atoms with E-state index < -0.39 is 11.6 Å². The Labute approximate surface area is 151 Å². The lowest BCUT2D eigenvalue weighted by Gasteiger charge is -2.22. The highest BCUT2D eigenvalue weighted by atomic mass is 32.2. The molecule has 0 aromatic heterocycles. The summed E-state index contributed by atoms with van der Waals surface area (Å²) in [6.45, 7) is 2.13. The molecule has 2 saturated heterocycles. The summed E-state index contributed by atoms with van der Waals surface area (Å²) >= 11 is 1.56. The molecule has 3 fully saturated rings. The lowest BCUT2D eigenvalue weighted by molar-refractivity contribution is -0.136. The number of urea groups is 1. The van der Waals surface area contributed by atoms with Crippen LogP contribution < -0.4 is 10.6 Å². The Morgan fingerprint density at radius 3 is 2.72 bits per heavy atom. The molecule has 0 aromatic carbocycles. The molecule has 1 atom stereocenters. The molecular weight excluding hydrogens is 344 g/mol. The van der Waals surface area contributed by atoms with Crippen LogP contribution in [0.1, 0.15) is 39.0 Å². The van der Waals surface area contributed by atoms with Crippen LogP contribution in [-0.4, -0.2) is 69.9 Å². The van der Waals surface area contributed by atoms with Crippen molar-refractivity contribution in [3.05, 3.63) is 0 Å². The maximum Gasteiger partial charge on any atom is 0.325 e. The molecule has 0 aromatic rings. The minimum Gasteiger partial charge on any atom is -0.354 e. The molecule has 3 aliphatic rings. The van der Waals surface area contributed by atoms with E-state index in [0.717, 1.165) is 12.8 Å². The smallest absolute Gasteiger partial charge is 0.325 e. The van der Waals surface area contributed by atoms with Gasteiger partial charge in [0.15, 0.2) is 0 Å². The number of carbonyl (C=O) groups excluding carboxylic acids is 4. The van der Waals surface area contributed by atoms with Crippen molar-refractivity contribution in [3.8, 4) is 0 Å². The number of carbonyl (C=O) groups is 4. The van der Waals surface area contributed by atoms with E-state index in [2.05, 4.69) is 10.6 Å². The molecular formula is C16H24N4O4S. The van der Waals surface area contributed by atoms with Gasteiger partial charge in [0.2, 0.25) is 11.8 Å². The molecule has 0 bridgehead atoms. The van der Waals surface area contributed by atoms with Crippen LogP contribution in [0.4, 0.5) is 4.79 Å². The van der Waals surface area contributed by atoms with E-state index in [4.69, 9.17) is 0 Å². The molecule has 25 heavy (non-hydrogen) atoms. The molecule has 2 heterocycles. The molecule has 1 aliphatic carbocycles. The summed E-state index contributed by atoms with van der Waals surface area (Å²) in [6, 6.07) is -0.755. The first-order valence-electron chi connectivity index (χ1n) is 8.71. The first kappa shape index (κ1) is 18.0. The van der Waals surface area contributed by atoms with Crippen LogP contribution in [0.5, 0.6) is 0 Å². The molecule has 1 spiro atoms. The SMILES string of the molecule is CC(=O)N1CSC[C@H]1C(=O)NCCCN1C(=O)NC2(CCCC2)C1=O. The van der Waals surface area contributed by atoms with E-state index in [1.165, 1.54) is 11.8 Å². The van der Waals surface area contributed by atoms with Crippen molar-refractivity contribution in [1.29, 1.82) is 0 Å². The highest BCUT2D eigenvalue weighted by molar-refractivity contribution is 7.99. The van der Waals surface area contributed by atoms with Gasteiger partial charge in [-0.15, -0.1) is 11.8 Å². The molecule has 1 saturated carbocycles. The fraction of sp³-hybridized carbons (Fsp3) is 0.750. The summed E-state index contributed by atoms with van der Waals surface area (Å²) in [5.41, 5.74) is -0.677. The van der Waals surface area contributed by atoms with Crippen LogP contribution in [0, 0.1) is 0 Å². The largest absolute Gasteiger partial charge is 0.354 e. The van der Waals surface area contributed by atoms with Crippen LogP contribution in [0.25, 0.3) is 0 Å². The van der Waals surface area contributed by atoms with Crippen LogP contribution >= 0.6 is 11.8 Å². The fourth-order valence-corrected chi connectivity index (χ4v) is 4.95. The quantitative estimate of drug-likeness (QED) is 0.536. The van der Waals surface area contributed by atoms with E-state index in [9.17, 15) is 19.2 Å². The van der Waals surface area contributed by atoms with Crippen LogP contribution in [0.15, 0.2) is 0 Å². The average Bonchev–Trinajstić information content (AvgIpc) is 3.27. The Morgan fingerprint density at radius 1 is 1.32 bits per heavy atom. The van der Waals surface area contributed by atoms with Gasteiger partial charge in [0.25, 0.3) is 5.91 Å². The number of hydrogen-bond acceptors (Lipinski definition) is 5. The number of thioether (sulfide) groups is 1. The maximum atomic E-state index is 12.5. The molecule has 2 N–H and O–H groups in total. The zero-order chi connectivity index (χ0) is 18.0. The second kappa shape index (κ2) is 7.23. The third kappa shape index (κ3) is 3.47. The van der Waals surface area contributed by atoms with Crippen molar-refractivity contribution in [1.82, 2.24) is 20.4 Å². The van der Waals surface area contributed by atoms with Gasteiger partial charge in [-0.25, -0.2) is 4.79 Å². The number of hydrogen-bond donors (Lipinski definition) is 2. The zero-order valence-corrected chi connectivity index (χ0v) is 15.2. The second-order valence-electron chi connectivity index (χ2n) is 6.83. The highest BCUT2D eigenvalue weighted by Crippen LogP contribution is 2.34. The summed E-state index contributed by atoms with van der Waals surface area (Å²) < 4.78 is 0. The highest BCUT2D eigenvalue weighted by Gasteiger charge is 2.52. The Balaban J connectivity index is 1.44. The number of amides is 5. The lowest BCUT2D eigenvalue weighted by atomic mass is 9.98. The van der Waals surface area contributed by atoms with Gasteiger partial charge in [-0.05, 0) is 19.3 Å². The van der Waals surface area contributed by atoms with Gasteiger partial charge in [0.1, 0.15) is 11.6 Å². The first-order chi connectivity index (χ1) is 11.9. The van der Waals surface area contributed by atoms with Crippen molar-refractivity contribution >= 4 is 35.5 Å². The molecule has 2 aliphatic heterocycles. The molecule has 0 radical (unpaired) electrons. The molecule has 138 valence electrons. The normalized spacial score (nSPS) is 24.9.